The number of halogens is 1. The summed E-state index contributed by atoms with van der Waals surface area (Å²) >= 11 is 5.95. The van der Waals surface area contributed by atoms with Crippen LogP contribution in [0.1, 0.15) is 48.0 Å². The van der Waals surface area contributed by atoms with Crippen molar-refractivity contribution in [1.29, 1.82) is 0 Å². The van der Waals surface area contributed by atoms with E-state index in [-0.39, 0.29) is 18.4 Å². The van der Waals surface area contributed by atoms with Crippen LogP contribution in [0.5, 0.6) is 5.75 Å². The smallest absolute Gasteiger partial charge is 0.276 e. The van der Waals surface area contributed by atoms with E-state index < -0.39 is 11.8 Å². The van der Waals surface area contributed by atoms with Crippen molar-refractivity contribution >= 4 is 35.0 Å². The van der Waals surface area contributed by atoms with Gasteiger partial charge >= 0.3 is 0 Å². The van der Waals surface area contributed by atoms with Gasteiger partial charge in [-0.15, -0.1) is 0 Å². The lowest BCUT2D eigenvalue weighted by atomic mass is 9.88. The predicted molar refractivity (Wildman–Crippen MR) is 119 cm³/mol. The van der Waals surface area contributed by atoms with Crippen molar-refractivity contribution in [3.8, 4) is 5.75 Å². The minimum atomic E-state index is -0.502. The second kappa shape index (κ2) is 10.8. The maximum Gasteiger partial charge on any atom is 0.276 e. The first kappa shape index (κ1) is 22.6. The van der Waals surface area contributed by atoms with Gasteiger partial charge in [-0.05, 0) is 67.8 Å². The van der Waals surface area contributed by atoms with Gasteiger partial charge in [0.1, 0.15) is 5.75 Å². The number of carbonyl (C=O) groups excluding carboxylic acids is 3. The van der Waals surface area contributed by atoms with E-state index in [1.165, 1.54) is 6.42 Å². The average molecular weight is 444 g/mol. The molecule has 2 aromatic carbocycles. The molecule has 3 N–H and O–H groups in total. The van der Waals surface area contributed by atoms with Crippen LogP contribution in [0.2, 0.25) is 5.02 Å². The number of hydrogen-bond donors (Lipinski definition) is 3. The molecule has 3 rings (SSSR count). The van der Waals surface area contributed by atoms with Crippen LogP contribution < -0.4 is 20.9 Å². The highest BCUT2D eigenvalue weighted by molar-refractivity contribution is 6.31. The second-order valence-electron chi connectivity index (χ2n) is 7.60. The van der Waals surface area contributed by atoms with Gasteiger partial charge in [0.15, 0.2) is 6.61 Å². The van der Waals surface area contributed by atoms with Crippen molar-refractivity contribution in [3.63, 3.8) is 0 Å². The largest absolute Gasteiger partial charge is 0.484 e. The maximum absolute atomic E-state index is 12.3. The van der Waals surface area contributed by atoms with Crippen molar-refractivity contribution in [1.82, 2.24) is 10.9 Å². The van der Waals surface area contributed by atoms with E-state index in [0.717, 1.165) is 31.2 Å². The summed E-state index contributed by atoms with van der Waals surface area (Å²) in [7, 11) is 0. The summed E-state index contributed by atoms with van der Waals surface area (Å²) in [5.74, 6) is -0.376. The molecule has 1 aliphatic rings. The molecule has 0 aromatic heterocycles. The highest BCUT2D eigenvalue weighted by Crippen LogP contribution is 2.25. The van der Waals surface area contributed by atoms with Crippen molar-refractivity contribution in [2.45, 2.75) is 39.0 Å². The summed E-state index contributed by atoms with van der Waals surface area (Å²) in [6, 6.07) is 11.6. The molecule has 0 aliphatic heterocycles. The number of carbonyl (C=O) groups is 3. The number of benzene rings is 2. The zero-order valence-electron chi connectivity index (χ0n) is 17.4. The number of hydrazine groups is 1. The first-order valence-electron chi connectivity index (χ1n) is 10.3. The molecular weight excluding hydrogens is 418 g/mol. The third-order valence-electron chi connectivity index (χ3n) is 5.21. The van der Waals surface area contributed by atoms with Crippen LogP contribution in [0.4, 0.5) is 5.69 Å². The second-order valence-corrected chi connectivity index (χ2v) is 8.01. The standard InChI is InChI=1S/C23H26ClN3O4/c1-15-13-19(11-12-20(15)24)31-14-21(28)26-27-23(30)17-7-9-18(10-8-17)25-22(29)16-5-3-2-4-6-16/h7-13,16H,2-6,14H2,1H3,(H,25,29)(H,26,28)(H,27,30). The first-order chi connectivity index (χ1) is 14.9. The van der Waals surface area contributed by atoms with Crippen LogP contribution in [0.3, 0.4) is 0 Å². The van der Waals surface area contributed by atoms with Gasteiger partial charge in [-0.25, -0.2) is 0 Å². The Kier molecular flexibility index (Phi) is 7.89. The minimum Gasteiger partial charge on any atom is -0.484 e. The summed E-state index contributed by atoms with van der Waals surface area (Å²) in [5.41, 5.74) is 6.48. The van der Waals surface area contributed by atoms with E-state index >= 15 is 0 Å². The molecular formula is C23H26ClN3O4. The fourth-order valence-corrected chi connectivity index (χ4v) is 3.52. The summed E-state index contributed by atoms with van der Waals surface area (Å²) in [4.78, 5) is 36.4. The first-order valence-corrected chi connectivity index (χ1v) is 10.7. The molecule has 0 bridgehead atoms. The molecule has 164 valence electrons. The molecule has 1 fully saturated rings. The maximum atomic E-state index is 12.3. The Morgan fingerprint density at radius 2 is 1.71 bits per heavy atom. The van der Waals surface area contributed by atoms with Gasteiger partial charge in [0.2, 0.25) is 5.91 Å². The molecule has 0 spiro atoms. The van der Waals surface area contributed by atoms with Gasteiger partial charge in [-0.2, -0.15) is 0 Å². The molecule has 3 amide bonds. The fourth-order valence-electron chi connectivity index (χ4n) is 3.40. The molecule has 0 atom stereocenters. The normalized spacial score (nSPS) is 13.9. The van der Waals surface area contributed by atoms with Crippen molar-refractivity contribution in [2.75, 3.05) is 11.9 Å². The lowest BCUT2D eigenvalue weighted by Gasteiger charge is -2.20. The van der Waals surface area contributed by atoms with E-state index in [2.05, 4.69) is 16.2 Å². The molecule has 1 saturated carbocycles. The van der Waals surface area contributed by atoms with Gasteiger partial charge in [0.25, 0.3) is 11.8 Å². The predicted octanol–water partition coefficient (Wildman–Crippen LogP) is 4.01. The highest BCUT2D eigenvalue weighted by Gasteiger charge is 2.21. The zero-order valence-corrected chi connectivity index (χ0v) is 18.1. The number of hydrogen-bond acceptors (Lipinski definition) is 4. The van der Waals surface area contributed by atoms with Gasteiger partial charge in [0.05, 0.1) is 0 Å². The Morgan fingerprint density at radius 3 is 2.39 bits per heavy atom. The summed E-state index contributed by atoms with van der Waals surface area (Å²) in [6.45, 7) is 1.58. The molecule has 2 aromatic rings. The quantitative estimate of drug-likeness (QED) is 0.588. The van der Waals surface area contributed by atoms with Crippen LogP contribution in [0, 0.1) is 12.8 Å². The zero-order chi connectivity index (χ0) is 22.2. The Bertz CT molecular complexity index is 940. The van der Waals surface area contributed by atoms with Crippen molar-refractivity contribution < 1.29 is 19.1 Å². The molecule has 31 heavy (non-hydrogen) atoms. The lowest BCUT2D eigenvalue weighted by molar-refractivity contribution is -0.124. The number of aryl methyl sites for hydroxylation is 1. The molecule has 0 saturated heterocycles. The van der Waals surface area contributed by atoms with Gasteiger partial charge in [-0.1, -0.05) is 30.9 Å². The minimum absolute atomic E-state index is 0.0278. The van der Waals surface area contributed by atoms with Crippen molar-refractivity contribution in [2.24, 2.45) is 5.92 Å². The number of nitrogens with one attached hydrogen (secondary N) is 3. The van der Waals surface area contributed by atoms with E-state index in [1.54, 1.807) is 42.5 Å². The Hall–Kier alpha value is -3.06. The molecule has 7 nitrogen and oxygen atoms in total. The van der Waals surface area contributed by atoms with Gasteiger partial charge < -0.3 is 10.1 Å². The summed E-state index contributed by atoms with van der Waals surface area (Å²) < 4.78 is 5.38. The third kappa shape index (κ3) is 6.72. The Balaban J connectivity index is 1.42. The molecule has 1 aliphatic carbocycles. The van der Waals surface area contributed by atoms with Crippen LogP contribution in [0.25, 0.3) is 0 Å². The number of ether oxygens (including phenoxy) is 1. The van der Waals surface area contributed by atoms with Crippen LogP contribution in [0.15, 0.2) is 42.5 Å². The van der Waals surface area contributed by atoms with Crippen LogP contribution in [-0.2, 0) is 9.59 Å². The molecule has 0 radical (unpaired) electrons. The highest BCUT2D eigenvalue weighted by atomic mass is 35.5. The summed E-state index contributed by atoms with van der Waals surface area (Å²) in [5, 5.41) is 3.52. The molecule has 8 heteroatoms. The van der Waals surface area contributed by atoms with Crippen molar-refractivity contribution in [3.05, 3.63) is 58.6 Å². The van der Waals surface area contributed by atoms with E-state index in [9.17, 15) is 14.4 Å². The van der Waals surface area contributed by atoms with E-state index in [1.807, 2.05) is 6.92 Å². The Morgan fingerprint density at radius 1 is 1.00 bits per heavy atom. The van der Waals surface area contributed by atoms with Gasteiger partial charge in [0, 0.05) is 22.2 Å². The van der Waals surface area contributed by atoms with Crippen LogP contribution in [-0.4, -0.2) is 24.3 Å². The molecule has 0 unspecified atom stereocenters. The fraction of sp³-hybridized carbons (Fsp3) is 0.348. The van der Waals surface area contributed by atoms with E-state index in [4.69, 9.17) is 16.3 Å². The topological polar surface area (TPSA) is 96.5 Å². The Labute approximate surface area is 186 Å². The number of amides is 3. The number of rotatable bonds is 6. The van der Waals surface area contributed by atoms with E-state index in [0.29, 0.717) is 22.0 Å². The summed E-state index contributed by atoms with van der Waals surface area (Å²) in [6.07, 6.45) is 5.22. The van der Waals surface area contributed by atoms with Gasteiger partial charge in [-0.3, -0.25) is 25.2 Å². The monoisotopic (exact) mass is 443 g/mol. The lowest BCUT2D eigenvalue weighted by Crippen LogP contribution is -2.43. The third-order valence-corrected chi connectivity index (χ3v) is 5.63. The average Bonchev–Trinajstić information content (AvgIpc) is 2.79. The SMILES string of the molecule is Cc1cc(OCC(=O)NNC(=O)c2ccc(NC(=O)C3CCCCC3)cc2)ccc1Cl. The molecule has 0 heterocycles. The van der Waals surface area contributed by atoms with Crippen LogP contribution >= 0.6 is 11.6 Å². The number of anilines is 1.